The highest BCUT2D eigenvalue weighted by Crippen LogP contribution is 2.16. The molecule has 0 fully saturated rings. The number of benzene rings is 2. The zero-order valence-corrected chi connectivity index (χ0v) is 14.3. The first-order valence-electron chi connectivity index (χ1n) is 8.03. The van der Waals surface area contributed by atoms with E-state index in [9.17, 15) is 24.1 Å². The minimum atomic E-state index is -0.604. The maximum absolute atomic E-state index is 13.0. The summed E-state index contributed by atoms with van der Waals surface area (Å²) in [5, 5.41) is 13.7. The molecule has 0 spiro atoms. The number of hydrogen-bond donors (Lipinski definition) is 1. The monoisotopic (exact) mass is 370 g/mol. The molecule has 1 aromatic heterocycles. The zero-order chi connectivity index (χ0) is 19.6. The number of nitrogens with zero attached hydrogens (tertiary/aromatic N) is 3. The van der Waals surface area contributed by atoms with Crippen LogP contribution in [-0.4, -0.2) is 20.4 Å². The molecule has 9 heteroatoms. The second-order valence-corrected chi connectivity index (χ2v) is 5.98. The van der Waals surface area contributed by atoms with Gasteiger partial charge in [0.25, 0.3) is 11.2 Å². The lowest BCUT2D eigenvalue weighted by atomic mass is 10.1. The molecule has 27 heavy (non-hydrogen) atoms. The lowest BCUT2D eigenvalue weighted by molar-refractivity contribution is -0.384. The van der Waals surface area contributed by atoms with Crippen LogP contribution in [0, 0.1) is 15.9 Å². The first-order valence-corrected chi connectivity index (χ1v) is 8.03. The minimum absolute atomic E-state index is 0.0612. The van der Waals surface area contributed by atoms with E-state index in [2.05, 4.69) is 10.3 Å². The average molecular weight is 370 g/mol. The molecule has 0 unspecified atom stereocenters. The van der Waals surface area contributed by atoms with Crippen molar-refractivity contribution >= 4 is 22.5 Å². The van der Waals surface area contributed by atoms with Gasteiger partial charge < -0.3 is 5.32 Å². The van der Waals surface area contributed by atoms with Gasteiger partial charge in [0, 0.05) is 12.1 Å². The summed E-state index contributed by atoms with van der Waals surface area (Å²) in [5.74, 6) is -0.819. The quantitative estimate of drug-likeness (QED) is 0.548. The van der Waals surface area contributed by atoms with Gasteiger partial charge in [0.2, 0.25) is 5.91 Å². The highest BCUT2D eigenvalue weighted by Gasteiger charge is 2.14. The van der Waals surface area contributed by atoms with Crippen LogP contribution in [0.3, 0.4) is 0 Å². The van der Waals surface area contributed by atoms with Crippen LogP contribution in [0.4, 0.5) is 10.1 Å². The van der Waals surface area contributed by atoms with Gasteiger partial charge in [-0.2, -0.15) is 0 Å². The largest absolute Gasteiger partial charge is 0.348 e. The van der Waals surface area contributed by atoms with Crippen molar-refractivity contribution in [2.45, 2.75) is 19.5 Å². The molecule has 2 aromatic carbocycles. The van der Waals surface area contributed by atoms with Crippen molar-refractivity contribution in [3.05, 3.63) is 80.6 Å². The smallest absolute Gasteiger partial charge is 0.270 e. The van der Waals surface area contributed by atoms with Crippen LogP contribution in [-0.2, 0) is 11.3 Å². The molecule has 1 atom stereocenters. The zero-order valence-electron chi connectivity index (χ0n) is 14.3. The van der Waals surface area contributed by atoms with Crippen LogP contribution in [0.2, 0.25) is 0 Å². The number of hydrogen-bond acceptors (Lipinski definition) is 5. The second kappa shape index (κ2) is 7.32. The molecule has 3 aromatic rings. The third-order valence-corrected chi connectivity index (χ3v) is 4.08. The topological polar surface area (TPSA) is 107 Å². The van der Waals surface area contributed by atoms with E-state index in [0.717, 1.165) is 10.6 Å². The van der Waals surface area contributed by atoms with Gasteiger partial charge in [-0.25, -0.2) is 9.37 Å². The first-order chi connectivity index (χ1) is 12.8. The standard InChI is InChI=1S/C18H15FN4O4/c1-11(12-2-4-13(19)5-3-12)21-17(24)9-22-10-20-16-7-6-14(23(26)27)8-15(16)18(22)25/h2-8,10-11H,9H2,1H3,(H,21,24)/t11-/m0/s1. The number of fused-ring (bicyclic) bond motifs is 1. The molecule has 1 amide bonds. The summed E-state index contributed by atoms with van der Waals surface area (Å²) in [6.07, 6.45) is 1.22. The van der Waals surface area contributed by atoms with Crippen LogP contribution in [0.1, 0.15) is 18.5 Å². The third kappa shape index (κ3) is 3.97. The second-order valence-electron chi connectivity index (χ2n) is 5.98. The number of amides is 1. The normalized spacial score (nSPS) is 11.9. The third-order valence-electron chi connectivity index (χ3n) is 4.08. The lowest BCUT2D eigenvalue weighted by Gasteiger charge is -2.15. The fourth-order valence-electron chi connectivity index (χ4n) is 2.65. The molecule has 3 rings (SSSR count). The number of non-ortho nitro benzene ring substituents is 1. The van der Waals surface area contributed by atoms with Crippen LogP contribution >= 0.6 is 0 Å². The molecule has 0 saturated heterocycles. The van der Waals surface area contributed by atoms with E-state index in [1.54, 1.807) is 19.1 Å². The van der Waals surface area contributed by atoms with Gasteiger partial charge in [0.15, 0.2) is 0 Å². The average Bonchev–Trinajstić information content (AvgIpc) is 2.64. The Labute approximate surface area is 152 Å². The van der Waals surface area contributed by atoms with Crippen LogP contribution in [0.25, 0.3) is 10.9 Å². The number of halogens is 1. The Balaban J connectivity index is 1.80. The maximum Gasteiger partial charge on any atom is 0.270 e. The summed E-state index contributed by atoms with van der Waals surface area (Å²) < 4.78 is 14.1. The Morgan fingerprint density at radius 2 is 2.00 bits per heavy atom. The number of nitrogens with one attached hydrogen (secondary N) is 1. The van der Waals surface area contributed by atoms with Gasteiger partial charge in [-0.1, -0.05) is 12.1 Å². The summed E-state index contributed by atoms with van der Waals surface area (Å²) in [6.45, 7) is 1.44. The van der Waals surface area contributed by atoms with Crippen molar-refractivity contribution in [3.8, 4) is 0 Å². The van der Waals surface area contributed by atoms with Crippen LogP contribution in [0.15, 0.2) is 53.6 Å². The summed E-state index contributed by atoms with van der Waals surface area (Å²) >= 11 is 0. The van der Waals surface area contributed by atoms with Crippen molar-refractivity contribution in [1.82, 2.24) is 14.9 Å². The van der Waals surface area contributed by atoms with E-state index in [0.29, 0.717) is 11.1 Å². The highest BCUT2D eigenvalue weighted by atomic mass is 19.1. The van der Waals surface area contributed by atoms with Gasteiger partial charge in [0.05, 0.1) is 28.2 Å². The van der Waals surface area contributed by atoms with E-state index in [1.807, 2.05) is 0 Å². The number of nitro groups is 1. The summed E-state index contributed by atoms with van der Waals surface area (Å²) in [5.41, 5.74) is 0.244. The molecular weight excluding hydrogens is 355 g/mol. The van der Waals surface area contributed by atoms with Crippen molar-refractivity contribution in [1.29, 1.82) is 0 Å². The Kier molecular flexibility index (Phi) is 4.93. The van der Waals surface area contributed by atoms with Gasteiger partial charge in [-0.15, -0.1) is 0 Å². The predicted octanol–water partition coefficient (Wildman–Crippen LogP) is 2.32. The van der Waals surface area contributed by atoms with Gasteiger partial charge in [0.1, 0.15) is 12.4 Å². The SMILES string of the molecule is C[C@H](NC(=O)Cn1cnc2ccc([N+](=O)[O-])cc2c1=O)c1ccc(F)cc1. The van der Waals surface area contributed by atoms with E-state index < -0.39 is 16.4 Å². The maximum atomic E-state index is 13.0. The van der Waals surface area contributed by atoms with Crippen molar-refractivity contribution in [3.63, 3.8) is 0 Å². The van der Waals surface area contributed by atoms with Crippen LogP contribution in [0.5, 0.6) is 0 Å². The van der Waals surface area contributed by atoms with Crippen molar-refractivity contribution in [2.75, 3.05) is 0 Å². The van der Waals surface area contributed by atoms with E-state index in [1.165, 1.54) is 30.6 Å². The molecule has 0 radical (unpaired) electrons. The van der Waals surface area contributed by atoms with Crippen molar-refractivity contribution in [2.24, 2.45) is 0 Å². The van der Waals surface area contributed by atoms with Crippen molar-refractivity contribution < 1.29 is 14.1 Å². The van der Waals surface area contributed by atoms with Gasteiger partial charge in [-0.05, 0) is 30.7 Å². The highest BCUT2D eigenvalue weighted by molar-refractivity contribution is 5.81. The number of nitro benzene ring substituents is 1. The molecule has 0 saturated carbocycles. The Bertz CT molecular complexity index is 1080. The molecule has 1 N–H and O–H groups in total. The lowest BCUT2D eigenvalue weighted by Crippen LogP contribution is -2.34. The van der Waals surface area contributed by atoms with Gasteiger partial charge in [-0.3, -0.25) is 24.3 Å². The molecule has 0 aliphatic rings. The summed E-state index contributed by atoms with van der Waals surface area (Å²) in [7, 11) is 0. The molecule has 0 aliphatic heterocycles. The Morgan fingerprint density at radius 1 is 1.30 bits per heavy atom. The minimum Gasteiger partial charge on any atom is -0.348 e. The number of aromatic nitrogens is 2. The fourth-order valence-corrected chi connectivity index (χ4v) is 2.65. The van der Waals surface area contributed by atoms with Gasteiger partial charge >= 0.3 is 0 Å². The molecule has 1 heterocycles. The Hall–Kier alpha value is -3.62. The first kappa shape index (κ1) is 18.2. The number of rotatable bonds is 5. The van der Waals surface area contributed by atoms with E-state index in [-0.39, 0.29) is 29.5 Å². The molecule has 0 aliphatic carbocycles. The molecule has 0 bridgehead atoms. The van der Waals surface area contributed by atoms with E-state index >= 15 is 0 Å². The fraction of sp³-hybridized carbons (Fsp3) is 0.167. The predicted molar refractivity (Wildman–Crippen MR) is 95.6 cm³/mol. The number of carbonyl (C=O) groups excluding carboxylic acids is 1. The van der Waals surface area contributed by atoms with E-state index in [4.69, 9.17) is 0 Å². The molecule has 8 nitrogen and oxygen atoms in total. The summed E-state index contributed by atoms with van der Waals surface area (Å²) in [6, 6.07) is 9.10. The molecular formula is C18H15FN4O4. The summed E-state index contributed by atoms with van der Waals surface area (Å²) in [4.78, 5) is 39.1. The Morgan fingerprint density at radius 3 is 2.67 bits per heavy atom. The van der Waals surface area contributed by atoms with Crippen LogP contribution < -0.4 is 10.9 Å². The number of carbonyl (C=O) groups is 1. The molecule has 138 valence electrons.